The first-order valence-electron chi connectivity index (χ1n) is 6.00. The molecule has 5 nitrogen and oxygen atoms in total. The van der Waals surface area contributed by atoms with Crippen LogP contribution in [0.1, 0.15) is 24.2 Å². The van der Waals surface area contributed by atoms with Crippen molar-refractivity contribution in [2.24, 2.45) is 0 Å². The number of anilines is 1. The number of amides is 2. The third kappa shape index (κ3) is 1.72. The first-order chi connectivity index (χ1) is 8.65. The van der Waals surface area contributed by atoms with Crippen molar-refractivity contribution in [3.05, 3.63) is 29.3 Å². The molecule has 1 aromatic carbocycles. The van der Waals surface area contributed by atoms with Gasteiger partial charge in [-0.15, -0.1) is 0 Å². The number of hydrogen-bond donors (Lipinski definition) is 1. The minimum Gasteiger partial charge on any atom is -0.439 e. The predicted molar refractivity (Wildman–Crippen MR) is 65.4 cm³/mol. The van der Waals surface area contributed by atoms with Gasteiger partial charge in [0, 0.05) is 19.2 Å². The summed E-state index contributed by atoms with van der Waals surface area (Å²) in [5.74, 6) is 0.0652. The molecule has 94 valence electrons. The Kier molecular flexibility index (Phi) is 2.47. The lowest BCUT2D eigenvalue weighted by atomic mass is 10.0. The highest BCUT2D eigenvalue weighted by Crippen LogP contribution is 2.32. The van der Waals surface area contributed by atoms with Gasteiger partial charge in [-0.25, -0.2) is 4.79 Å². The van der Waals surface area contributed by atoms with E-state index in [1.807, 2.05) is 18.2 Å². The van der Waals surface area contributed by atoms with Gasteiger partial charge in [0.2, 0.25) is 5.91 Å². The van der Waals surface area contributed by atoms with E-state index in [0.29, 0.717) is 6.54 Å². The Morgan fingerprint density at radius 1 is 1.50 bits per heavy atom. The second kappa shape index (κ2) is 4.01. The van der Waals surface area contributed by atoms with E-state index in [1.165, 1.54) is 0 Å². The maximum Gasteiger partial charge on any atom is 0.407 e. The average Bonchev–Trinajstić information content (AvgIpc) is 2.93. The van der Waals surface area contributed by atoms with Crippen LogP contribution >= 0.6 is 0 Å². The van der Waals surface area contributed by atoms with Gasteiger partial charge in [-0.2, -0.15) is 0 Å². The molecule has 0 bridgehead atoms. The molecule has 2 amide bonds. The smallest absolute Gasteiger partial charge is 0.407 e. The summed E-state index contributed by atoms with van der Waals surface area (Å²) in [4.78, 5) is 24.2. The van der Waals surface area contributed by atoms with Gasteiger partial charge in [0.1, 0.15) is 6.10 Å². The predicted octanol–water partition coefficient (Wildman–Crippen LogP) is 1.38. The number of nitrogens with one attached hydrogen (secondary N) is 1. The maximum absolute atomic E-state index is 11.4. The molecule has 0 spiro atoms. The van der Waals surface area contributed by atoms with Crippen molar-refractivity contribution in [2.75, 3.05) is 18.0 Å². The molecule has 18 heavy (non-hydrogen) atoms. The van der Waals surface area contributed by atoms with Crippen LogP contribution in [0.15, 0.2) is 18.2 Å². The Morgan fingerprint density at radius 3 is 3.00 bits per heavy atom. The zero-order valence-electron chi connectivity index (χ0n) is 10.1. The second-order valence-electron chi connectivity index (χ2n) is 4.58. The van der Waals surface area contributed by atoms with Gasteiger partial charge in [0.05, 0.1) is 6.54 Å². The largest absolute Gasteiger partial charge is 0.439 e. The number of fused-ring (bicyclic) bond motifs is 1. The van der Waals surface area contributed by atoms with Crippen molar-refractivity contribution in [3.8, 4) is 0 Å². The summed E-state index contributed by atoms with van der Waals surface area (Å²) in [7, 11) is 0. The second-order valence-corrected chi connectivity index (χ2v) is 4.58. The number of rotatable bonds is 1. The lowest BCUT2D eigenvalue weighted by Gasteiger charge is -2.15. The first kappa shape index (κ1) is 11.1. The van der Waals surface area contributed by atoms with Gasteiger partial charge >= 0.3 is 6.09 Å². The zero-order chi connectivity index (χ0) is 12.7. The van der Waals surface area contributed by atoms with Gasteiger partial charge in [0.25, 0.3) is 0 Å². The third-order valence-electron chi connectivity index (χ3n) is 3.43. The van der Waals surface area contributed by atoms with E-state index in [1.54, 1.807) is 11.8 Å². The number of carbonyl (C=O) groups excluding carboxylic acids is 2. The van der Waals surface area contributed by atoms with Crippen LogP contribution in [-0.2, 0) is 16.0 Å². The highest BCUT2D eigenvalue weighted by Gasteiger charge is 2.27. The van der Waals surface area contributed by atoms with Gasteiger partial charge in [-0.05, 0) is 29.7 Å². The SMILES string of the molecule is CC(=O)N1CCc2cc(C3CNC(=O)O3)ccc21. The lowest BCUT2D eigenvalue weighted by Crippen LogP contribution is -2.25. The molecule has 3 rings (SSSR count). The topological polar surface area (TPSA) is 58.6 Å². The van der Waals surface area contributed by atoms with E-state index in [4.69, 9.17) is 4.74 Å². The molecular weight excluding hydrogens is 232 g/mol. The molecule has 2 aliphatic heterocycles. The number of benzene rings is 1. The normalized spacial score (nSPS) is 21.5. The van der Waals surface area contributed by atoms with Gasteiger partial charge < -0.3 is 15.0 Å². The molecule has 0 aromatic heterocycles. The third-order valence-corrected chi connectivity index (χ3v) is 3.43. The molecule has 1 aromatic rings. The summed E-state index contributed by atoms with van der Waals surface area (Å²) in [6.07, 6.45) is 0.275. The van der Waals surface area contributed by atoms with Crippen molar-refractivity contribution in [3.63, 3.8) is 0 Å². The summed E-state index contributed by atoms with van der Waals surface area (Å²) < 4.78 is 5.15. The maximum atomic E-state index is 11.4. The van der Waals surface area contributed by atoms with Crippen LogP contribution < -0.4 is 10.2 Å². The lowest BCUT2D eigenvalue weighted by molar-refractivity contribution is -0.116. The highest BCUT2D eigenvalue weighted by atomic mass is 16.6. The van der Waals surface area contributed by atoms with Crippen LogP contribution in [0, 0.1) is 0 Å². The van der Waals surface area contributed by atoms with Crippen LogP contribution in [0.25, 0.3) is 0 Å². The van der Waals surface area contributed by atoms with Crippen molar-refractivity contribution >= 4 is 17.7 Å². The number of alkyl carbamates (subject to hydrolysis) is 1. The van der Waals surface area contributed by atoms with Crippen LogP contribution in [0.2, 0.25) is 0 Å². The molecule has 0 aliphatic carbocycles. The highest BCUT2D eigenvalue weighted by molar-refractivity contribution is 5.93. The number of hydrogen-bond acceptors (Lipinski definition) is 3. The van der Waals surface area contributed by atoms with E-state index in [0.717, 1.165) is 29.8 Å². The summed E-state index contributed by atoms with van der Waals surface area (Å²) in [6, 6.07) is 5.89. The molecule has 2 aliphatic rings. The molecule has 1 saturated heterocycles. The number of cyclic esters (lactones) is 1. The van der Waals surface area contributed by atoms with Crippen LogP contribution in [0.5, 0.6) is 0 Å². The van der Waals surface area contributed by atoms with Crippen LogP contribution in [0.4, 0.5) is 10.5 Å². The Bertz CT molecular complexity index is 527. The van der Waals surface area contributed by atoms with Gasteiger partial charge in [-0.1, -0.05) is 6.07 Å². The van der Waals surface area contributed by atoms with Crippen LogP contribution in [0.3, 0.4) is 0 Å². The average molecular weight is 246 g/mol. The van der Waals surface area contributed by atoms with Gasteiger partial charge in [-0.3, -0.25) is 4.79 Å². The van der Waals surface area contributed by atoms with E-state index in [2.05, 4.69) is 5.32 Å². The van der Waals surface area contributed by atoms with E-state index < -0.39 is 0 Å². The fourth-order valence-corrected chi connectivity index (χ4v) is 2.52. The number of ether oxygens (including phenoxy) is 1. The minimum atomic E-state index is -0.370. The Labute approximate surface area is 105 Å². The number of carbonyl (C=O) groups is 2. The molecule has 0 radical (unpaired) electrons. The zero-order valence-corrected chi connectivity index (χ0v) is 10.1. The number of nitrogens with zero attached hydrogens (tertiary/aromatic N) is 1. The molecule has 1 N–H and O–H groups in total. The van der Waals surface area contributed by atoms with Crippen molar-refractivity contribution < 1.29 is 14.3 Å². The van der Waals surface area contributed by atoms with Crippen molar-refractivity contribution in [1.29, 1.82) is 0 Å². The molecular formula is C13H14N2O3. The fraction of sp³-hybridized carbons (Fsp3) is 0.385. The standard InChI is InChI=1S/C13H14N2O3/c1-8(16)15-5-4-9-6-10(2-3-11(9)15)12-7-14-13(17)18-12/h2-3,6,12H,4-5,7H2,1H3,(H,14,17). The summed E-state index contributed by atoms with van der Waals surface area (Å²) in [5, 5.41) is 2.64. The van der Waals surface area contributed by atoms with E-state index in [-0.39, 0.29) is 18.1 Å². The summed E-state index contributed by atoms with van der Waals surface area (Å²) in [5.41, 5.74) is 3.10. The molecule has 1 atom stereocenters. The first-order valence-corrected chi connectivity index (χ1v) is 6.00. The quantitative estimate of drug-likeness (QED) is 0.814. The monoisotopic (exact) mass is 246 g/mol. The Morgan fingerprint density at radius 2 is 2.33 bits per heavy atom. The molecule has 5 heteroatoms. The van der Waals surface area contributed by atoms with E-state index in [9.17, 15) is 9.59 Å². The summed E-state index contributed by atoms with van der Waals surface area (Å²) in [6.45, 7) is 2.82. The van der Waals surface area contributed by atoms with Crippen LogP contribution in [-0.4, -0.2) is 25.1 Å². The van der Waals surface area contributed by atoms with Crippen molar-refractivity contribution in [1.82, 2.24) is 5.32 Å². The fourth-order valence-electron chi connectivity index (χ4n) is 2.52. The Balaban J connectivity index is 1.89. The summed E-state index contributed by atoms with van der Waals surface area (Å²) >= 11 is 0. The molecule has 0 saturated carbocycles. The minimum absolute atomic E-state index is 0.0652. The Hall–Kier alpha value is -2.04. The van der Waals surface area contributed by atoms with Crippen molar-refractivity contribution in [2.45, 2.75) is 19.4 Å². The van der Waals surface area contributed by atoms with E-state index >= 15 is 0 Å². The molecule has 1 unspecified atom stereocenters. The molecule has 1 fully saturated rings. The molecule has 2 heterocycles. The van der Waals surface area contributed by atoms with Gasteiger partial charge in [0.15, 0.2) is 0 Å².